The van der Waals surface area contributed by atoms with Gasteiger partial charge in [-0.3, -0.25) is 9.89 Å². The Bertz CT molecular complexity index is 1340. The molecule has 0 atom stereocenters. The highest BCUT2D eigenvalue weighted by Gasteiger charge is 2.23. The molecule has 0 saturated heterocycles. The average molecular weight is 440 g/mol. The Morgan fingerprint density at radius 3 is 2.61 bits per heavy atom. The normalized spacial score (nSPS) is 11.5. The zero-order valence-corrected chi connectivity index (χ0v) is 17.7. The van der Waals surface area contributed by atoms with Crippen LogP contribution in [0.15, 0.2) is 52.9 Å². The average Bonchev–Trinajstić information content (AvgIpc) is 3.36. The molecule has 31 heavy (non-hydrogen) atoms. The van der Waals surface area contributed by atoms with E-state index in [9.17, 15) is 13.2 Å². The van der Waals surface area contributed by atoms with E-state index in [0.717, 1.165) is 17.6 Å². The number of fused-ring (bicyclic) bond motifs is 1. The molecule has 0 fully saturated rings. The fraction of sp³-hybridized carbons (Fsp3) is 0.190. The van der Waals surface area contributed by atoms with Crippen LogP contribution in [0.1, 0.15) is 21.9 Å². The maximum Gasteiger partial charge on any atom is 0.287 e. The van der Waals surface area contributed by atoms with Crippen LogP contribution in [0, 0.1) is 0 Å². The first-order chi connectivity index (χ1) is 14.8. The molecule has 0 aliphatic rings. The first-order valence-corrected chi connectivity index (χ1v) is 11.4. The summed E-state index contributed by atoms with van der Waals surface area (Å²) in [4.78, 5) is 17.1. The Morgan fingerprint density at radius 1 is 1.16 bits per heavy atom. The van der Waals surface area contributed by atoms with Crippen LogP contribution in [-0.2, 0) is 22.1 Å². The molecule has 4 rings (SSSR count). The van der Waals surface area contributed by atoms with Gasteiger partial charge < -0.3 is 14.5 Å². The van der Waals surface area contributed by atoms with E-state index in [2.05, 4.69) is 20.5 Å². The number of methoxy groups -OCH3 is 1. The van der Waals surface area contributed by atoms with Gasteiger partial charge in [0, 0.05) is 22.8 Å². The first-order valence-electron chi connectivity index (χ1n) is 9.36. The van der Waals surface area contributed by atoms with Crippen molar-refractivity contribution in [1.82, 2.24) is 20.5 Å². The number of nitrogens with zero attached hydrogens (tertiary/aromatic N) is 2. The van der Waals surface area contributed by atoms with Gasteiger partial charge in [0.05, 0.1) is 19.4 Å². The Morgan fingerprint density at radius 2 is 1.90 bits per heavy atom. The van der Waals surface area contributed by atoms with E-state index in [1.165, 1.54) is 0 Å². The zero-order valence-electron chi connectivity index (χ0n) is 16.9. The molecule has 2 aromatic carbocycles. The van der Waals surface area contributed by atoms with Crippen LogP contribution in [0.25, 0.3) is 22.4 Å². The fourth-order valence-electron chi connectivity index (χ4n) is 3.18. The van der Waals surface area contributed by atoms with Gasteiger partial charge in [0.2, 0.25) is 0 Å². The van der Waals surface area contributed by atoms with E-state index in [0.29, 0.717) is 28.2 Å². The minimum absolute atomic E-state index is 0.0264. The predicted molar refractivity (Wildman–Crippen MR) is 114 cm³/mol. The molecule has 2 N–H and O–H groups in total. The largest absolute Gasteiger partial charge is 0.497 e. The van der Waals surface area contributed by atoms with Crippen molar-refractivity contribution < 1.29 is 22.4 Å². The molecule has 0 spiro atoms. The Labute approximate surface area is 178 Å². The number of sulfone groups is 1. The van der Waals surface area contributed by atoms with Crippen LogP contribution in [-0.4, -0.2) is 42.9 Å². The number of para-hydroxylation sites is 1. The lowest BCUT2D eigenvalue weighted by molar-refractivity contribution is 0.0923. The minimum Gasteiger partial charge on any atom is -0.497 e. The van der Waals surface area contributed by atoms with Crippen molar-refractivity contribution in [2.75, 3.05) is 13.4 Å². The van der Waals surface area contributed by atoms with Crippen molar-refractivity contribution in [3.05, 3.63) is 65.7 Å². The van der Waals surface area contributed by atoms with Crippen molar-refractivity contribution in [1.29, 1.82) is 0 Å². The van der Waals surface area contributed by atoms with Gasteiger partial charge in [-0.25, -0.2) is 13.4 Å². The SMILES string of the molecule is COc1ccc(-c2n[nH]c(CNC(=O)c3oc4ccccc4c3CS(C)(=O)=O)n2)cc1. The van der Waals surface area contributed by atoms with Crippen LogP contribution >= 0.6 is 0 Å². The molecule has 2 aromatic heterocycles. The third kappa shape index (κ3) is 4.58. The molecule has 160 valence electrons. The lowest BCUT2D eigenvalue weighted by Crippen LogP contribution is -2.24. The summed E-state index contributed by atoms with van der Waals surface area (Å²) in [7, 11) is -1.78. The van der Waals surface area contributed by atoms with Gasteiger partial charge >= 0.3 is 0 Å². The summed E-state index contributed by atoms with van der Waals surface area (Å²) in [6.45, 7) is 0.0668. The first kappa shape index (κ1) is 20.6. The third-order valence-electron chi connectivity index (χ3n) is 4.61. The lowest BCUT2D eigenvalue weighted by atomic mass is 10.1. The van der Waals surface area contributed by atoms with Gasteiger partial charge in [-0.1, -0.05) is 18.2 Å². The van der Waals surface area contributed by atoms with Crippen LogP contribution in [0.5, 0.6) is 5.75 Å². The summed E-state index contributed by atoms with van der Waals surface area (Å²) in [6.07, 6.45) is 1.12. The summed E-state index contributed by atoms with van der Waals surface area (Å²) >= 11 is 0. The second kappa shape index (κ2) is 8.23. The van der Waals surface area contributed by atoms with Crippen molar-refractivity contribution in [2.45, 2.75) is 12.3 Å². The van der Waals surface area contributed by atoms with E-state index in [-0.39, 0.29) is 18.1 Å². The summed E-state index contributed by atoms with van der Waals surface area (Å²) in [5, 5.41) is 10.2. The van der Waals surface area contributed by atoms with Crippen molar-refractivity contribution in [3.8, 4) is 17.1 Å². The number of hydrogen-bond acceptors (Lipinski definition) is 7. The Kier molecular flexibility index (Phi) is 5.47. The molecule has 0 bridgehead atoms. The van der Waals surface area contributed by atoms with E-state index in [1.54, 1.807) is 43.5 Å². The maximum absolute atomic E-state index is 12.8. The number of amides is 1. The number of H-pyrrole nitrogens is 1. The minimum atomic E-state index is -3.37. The smallest absolute Gasteiger partial charge is 0.287 e. The van der Waals surface area contributed by atoms with Gasteiger partial charge in [0.1, 0.15) is 17.2 Å². The molecule has 0 radical (unpaired) electrons. The Balaban J connectivity index is 1.52. The molecule has 0 aliphatic heterocycles. The van der Waals surface area contributed by atoms with E-state index in [1.807, 2.05) is 12.1 Å². The van der Waals surface area contributed by atoms with Crippen LogP contribution < -0.4 is 10.1 Å². The molecule has 2 heterocycles. The number of ether oxygens (including phenoxy) is 1. The number of rotatable bonds is 7. The molecular weight excluding hydrogens is 420 g/mol. The maximum atomic E-state index is 12.8. The van der Waals surface area contributed by atoms with Gasteiger partial charge in [-0.15, -0.1) is 0 Å². The number of aromatic amines is 1. The molecule has 0 saturated carbocycles. The summed E-state index contributed by atoms with van der Waals surface area (Å²) in [5.74, 6) is 0.797. The number of hydrogen-bond donors (Lipinski definition) is 2. The molecule has 1 amide bonds. The second-order valence-electron chi connectivity index (χ2n) is 6.99. The standard InChI is InChI=1S/C21H20N4O5S/c1-29-14-9-7-13(8-10-14)20-23-18(24-25-20)11-22-21(26)19-16(12-31(2,27)28)15-5-3-4-6-17(15)30-19/h3-10H,11-12H2,1-2H3,(H,22,26)(H,23,24,25). The van der Waals surface area contributed by atoms with E-state index < -0.39 is 15.7 Å². The van der Waals surface area contributed by atoms with Gasteiger partial charge in [0.25, 0.3) is 5.91 Å². The van der Waals surface area contributed by atoms with Gasteiger partial charge in [-0.05, 0) is 30.3 Å². The molecule has 0 aliphatic carbocycles. The number of furan rings is 1. The molecule has 9 nitrogen and oxygen atoms in total. The quantitative estimate of drug-likeness (QED) is 0.452. The monoisotopic (exact) mass is 440 g/mol. The fourth-order valence-corrected chi connectivity index (χ4v) is 3.99. The molecular formula is C21H20N4O5S. The number of nitrogens with one attached hydrogen (secondary N) is 2. The van der Waals surface area contributed by atoms with Gasteiger partial charge in [0.15, 0.2) is 21.4 Å². The molecule has 4 aromatic rings. The van der Waals surface area contributed by atoms with E-state index >= 15 is 0 Å². The summed E-state index contributed by atoms with van der Waals surface area (Å²) < 4.78 is 34.5. The zero-order chi connectivity index (χ0) is 22.0. The predicted octanol–water partition coefficient (Wildman–Crippen LogP) is 2.70. The third-order valence-corrected chi connectivity index (χ3v) is 5.42. The number of benzene rings is 2. The van der Waals surface area contributed by atoms with E-state index in [4.69, 9.17) is 9.15 Å². The van der Waals surface area contributed by atoms with Crippen molar-refractivity contribution >= 4 is 26.7 Å². The van der Waals surface area contributed by atoms with Crippen molar-refractivity contribution in [3.63, 3.8) is 0 Å². The highest BCUT2D eigenvalue weighted by molar-refractivity contribution is 7.89. The van der Waals surface area contributed by atoms with Crippen molar-refractivity contribution in [2.24, 2.45) is 0 Å². The number of carbonyl (C=O) groups excluding carboxylic acids is 1. The molecule has 10 heteroatoms. The summed E-state index contributed by atoms with van der Waals surface area (Å²) in [5.41, 5.74) is 1.59. The lowest BCUT2D eigenvalue weighted by Gasteiger charge is -2.03. The Hall–Kier alpha value is -3.66. The number of carbonyl (C=O) groups is 1. The van der Waals surface area contributed by atoms with Crippen LogP contribution in [0.3, 0.4) is 0 Å². The molecule has 0 unspecified atom stereocenters. The topological polar surface area (TPSA) is 127 Å². The highest BCUT2D eigenvalue weighted by atomic mass is 32.2. The highest BCUT2D eigenvalue weighted by Crippen LogP contribution is 2.27. The number of aromatic nitrogens is 3. The van der Waals surface area contributed by atoms with Gasteiger partial charge in [-0.2, -0.15) is 5.10 Å². The van der Waals surface area contributed by atoms with Crippen LogP contribution in [0.4, 0.5) is 0 Å². The summed E-state index contributed by atoms with van der Waals surface area (Å²) in [6, 6.07) is 14.2. The second-order valence-corrected chi connectivity index (χ2v) is 9.13. The van der Waals surface area contributed by atoms with Crippen LogP contribution in [0.2, 0.25) is 0 Å².